The minimum absolute atomic E-state index is 0.250. The number of benzene rings is 1. The van der Waals surface area contributed by atoms with E-state index in [1.807, 2.05) is 25.1 Å². The summed E-state index contributed by atoms with van der Waals surface area (Å²) in [7, 11) is 0. The number of nitrogens with one attached hydrogen (secondary N) is 1. The van der Waals surface area contributed by atoms with Gasteiger partial charge in [-0.05, 0) is 46.6 Å². The summed E-state index contributed by atoms with van der Waals surface area (Å²) in [5.74, 6) is 0.0511. The van der Waals surface area contributed by atoms with E-state index in [0.29, 0.717) is 5.76 Å². The molecule has 3 nitrogen and oxygen atoms in total. The molecule has 0 saturated carbocycles. The molecule has 0 unspecified atom stereocenters. The zero-order valence-corrected chi connectivity index (χ0v) is 10.2. The van der Waals surface area contributed by atoms with E-state index in [1.165, 1.54) is 6.26 Å². The van der Waals surface area contributed by atoms with Gasteiger partial charge in [0.05, 0.1) is 12.0 Å². The second-order valence-corrected chi connectivity index (χ2v) is 4.22. The summed E-state index contributed by atoms with van der Waals surface area (Å²) in [6, 6.07) is 9.04. The van der Waals surface area contributed by atoms with Gasteiger partial charge in [-0.15, -0.1) is 0 Å². The number of hydrogen-bond acceptors (Lipinski definition) is 2. The smallest absolute Gasteiger partial charge is 0.291 e. The number of amides is 1. The third-order valence-electron chi connectivity index (χ3n) is 2.21. The zero-order valence-electron chi connectivity index (χ0n) is 8.66. The van der Waals surface area contributed by atoms with Crippen LogP contribution < -0.4 is 5.32 Å². The normalized spacial score (nSPS) is 10.1. The highest BCUT2D eigenvalue weighted by molar-refractivity contribution is 9.10. The maximum atomic E-state index is 11.8. The molecule has 0 aliphatic heterocycles. The number of anilines is 1. The second kappa shape index (κ2) is 4.53. The number of carbonyl (C=O) groups excluding carboxylic acids is 1. The topological polar surface area (TPSA) is 42.2 Å². The van der Waals surface area contributed by atoms with Crippen molar-refractivity contribution in [2.75, 3.05) is 5.32 Å². The van der Waals surface area contributed by atoms with Gasteiger partial charge in [0.25, 0.3) is 5.91 Å². The van der Waals surface area contributed by atoms with E-state index in [-0.39, 0.29) is 5.91 Å². The van der Waals surface area contributed by atoms with Gasteiger partial charge in [0.1, 0.15) is 0 Å². The molecule has 1 aromatic heterocycles. The Morgan fingerprint density at radius 2 is 2.12 bits per heavy atom. The van der Waals surface area contributed by atoms with Crippen molar-refractivity contribution in [1.29, 1.82) is 0 Å². The fraction of sp³-hybridized carbons (Fsp3) is 0.0833. The van der Waals surface area contributed by atoms with Crippen molar-refractivity contribution in [1.82, 2.24) is 0 Å². The lowest BCUT2D eigenvalue weighted by molar-refractivity contribution is 0.0996. The summed E-state index contributed by atoms with van der Waals surface area (Å²) in [4.78, 5) is 11.8. The fourth-order valence-corrected chi connectivity index (χ4v) is 1.94. The van der Waals surface area contributed by atoms with Crippen LogP contribution in [0.3, 0.4) is 0 Å². The third-order valence-corrected chi connectivity index (χ3v) is 2.87. The predicted octanol–water partition coefficient (Wildman–Crippen LogP) is 3.60. The summed E-state index contributed by atoms with van der Waals surface area (Å²) < 4.78 is 5.87. The van der Waals surface area contributed by atoms with Gasteiger partial charge >= 0.3 is 0 Å². The number of halogens is 1. The number of para-hydroxylation sites is 1. The molecule has 0 radical (unpaired) electrons. The Balaban J connectivity index is 2.25. The van der Waals surface area contributed by atoms with Gasteiger partial charge in [0, 0.05) is 4.47 Å². The molecule has 0 bridgehead atoms. The average molecular weight is 280 g/mol. The lowest BCUT2D eigenvalue weighted by Gasteiger charge is -2.08. The van der Waals surface area contributed by atoms with Crippen LogP contribution in [0, 0.1) is 6.92 Å². The maximum Gasteiger partial charge on any atom is 0.291 e. The van der Waals surface area contributed by atoms with E-state index >= 15 is 0 Å². The SMILES string of the molecule is Cc1cccc(Br)c1NC(=O)c1ccco1. The molecule has 0 spiro atoms. The molecule has 82 valence electrons. The fourth-order valence-electron chi connectivity index (χ4n) is 1.37. The Morgan fingerprint density at radius 1 is 1.31 bits per heavy atom. The molecule has 1 N–H and O–H groups in total. The van der Waals surface area contributed by atoms with Crippen molar-refractivity contribution in [3.8, 4) is 0 Å². The Morgan fingerprint density at radius 3 is 2.75 bits per heavy atom. The Kier molecular flexibility index (Phi) is 3.10. The van der Waals surface area contributed by atoms with Crippen LogP contribution in [0.4, 0.5) is 5.69 Å². The molecular weight excluding hydrogens is 270 g/mol. The van der Waals surface area contributed by atoms with E-state index in [2.05, 4.69) is 21.2 Å². The highest BCUT2D eigenvalue weighted by atomic mass is 79.9. The lowest BCUT2D eigenvalue weighted by atomic mass is 10.2. The summed E-state index contributed by atoms with van der Waals surface area (Å²) in [5, 5.41) is 2.80. The van der Waals surface area contributed by atoms with Crippen LogP contribution in [0.25, 0.3) is 0 Å². The van der Waals surface area contributed by atoms with Gasteiger partial charge in [-0.1, -0.05) is 12.1 Å². The number of hydrogen-bond donors (Lipinski definition) is 1. The number of rotatable bonds is 2. The van der Waals surface area contributed by atoms with Crippen LogP contribution >= 0.6 is 15.9 Å². The minimum Gasteiger partial charge on any atom is -0.459 e. The summed E-state index contributed by atoms with van der Waals surface area (Å²) in [5.41, 5.74) is 1.76. The number of aryl methyl sites for hydroxylation is 1. The molecule has 0 aliphatic rings. The quantitative estimate of drug-likeness (QED) is 0.913. The summed E-state index contributed by atoms with van der Waals surface area (Å²) >= 11 is 3.39. The Hall–Kier alpha value is -1.55. The first-order valence-electron chi connectivity index (χ1n) is 4.78. The Labute approximate surface area is 102 Å². The van der Waals surface area contributed by atoms with E-state index in [1.54, 1.807) is 12.1 Å². The molecule has 0 atom stereocenters. The van der Waals surface area contributed by atoms with Gasteiger partial charge in [0.2, 0.25) is 0 Å². The van der Waals surface area contributed by atoms with Gasteiger partial charge in [0.15, 0.2) is 5.76 Å². The number of carbonyl (C=O) groups is 1. The molecule has 1 aromatic carbocycles. The van der Waals surface area contributed by atoms with Crippen LogP contribution in [0.15, 0.2) is 45.5 Å². The maximum absolute atomic E-state index is 11.8. The molecule has 0 fully saturated rings. The first-order valence-corrected chi connectivity index (χ1v) is 5.58. The molecule has 0 aliphatic carbocycles. The molecular formula is C12H10BrNO2. The molecule has 2 rings (SSSR count). The van der Waals surface area contributed by atoms with E-state index in [9.17, 15) is 4.79 Å². The predicted molar refractivity (Wildman–Crippen MR) is 65.5 cm³/mol. The number of furan rings is 1. The third kappa shape index (κ3) is 2.17. The van der Waals surface area contributed by atoms with Gasteiger partial charge in [-0.2, -0.15) is 0 Å². The lowest BCUT2D eigenvalue weighted by Crippen LogP contribution is -2.12. The van der Waals surface area contributed by atoms with Crippen LogP contribution in [0.5, 0.6) is 0 Å². The molecule has 1 amide bonds. The average Bonchev–Trinajstić information content (AvgIpc) is 2.76. The summed E-state index contributed by atoms with van der Waals surface area (Å²) in [6.07, 6.45) is 1.47. The molecule has 0 saturated heterocycles. The molecule has 16 heavy (non-hydrogen) atoms. The highest BCUT2D eigenvalue weighted by Gasteiger charge is 2.11. The molecule has 4 heteroatoms. The monoisotopic (exact) mass is 279 g/mol. The van der Waals surface area contributed by atoms with E-state index in [0.717, 1.165) is 15.7 Å². The van der Waals surface area contributed by atoms with Crippen LogP contribution in [-0.2, 0) is 0 Å². The van der Waals surface area contributed by atoms with Crippen molar-refractivity contribution in [3.63, 3.8) is 0 Å². The zero-order chi connectivity index (χ0) is 11.5. The van der Waals surface area contributed by atoms with Crippen molar-refractivity contribution in [3.05, 3.63) is 52.4 Å². The van der Waals surface area contributed by atoms with Gasteiger partial charge in [-0.25, -0.2) is 0 Å². The van der Waals surface area contributed by atoms with Gasteiger partial charge in [-0.3, -0.25) is 4.79 Å². The Bertz CT molecular complexity index is 485. The van der Waals surface area contributed by atoms with Crippen LogP contribution in [0.2, 0.25) is 0 Å². The first-order chi connectivity index (χ1) is 7.68. The highest BCUT2D eigenvalue weighted by Crippen LogP contribution is 2.26. The van der Waals surface area contributed by atoms with Crippen LogP contribution in [0.1, 0.15) is 16.1 Å². The molecule has 1 heterocycles. The van der Waals surface area contributed by atoms with Crippen molar-refractivity contribution in [2.45, 2.75) is 6.92 Å². The molecule has 2 aromatic rings. The first kappa shape index (κ1) is 11.0. The van der Waals surface area contributed by atoms with Crippen LogP contribution in [-0.4, -0.2) is 5.91 Å². The van der Waals surface area contributed by atoms with Gasteiger partial charge < -0.3 is 9.73 Å². The standard InChI is InChI=1S/C12H10BrNO2/c1-8-4-2-5-9(13)11(8)14-12(15)10-6-3-7-16-10/h2-7H,1H3,(H,14,15). The largest absolute Gasteiger partial charge is 0.459 e. The van der Waals surface area contributed by atoms with E-state index in [4.69, 9.17) is 4.42 Å². The second-order valence-electron chi connectivity index (χ2n) is 3.36. The van der Waals surface area contributed by atoms with Crippen molar-refractivity contribution >= 4 is 27.5 Å². The van der Waals surface area contributed by atoms with E-state index < -0.39 is 0 Å². The van der Waals surface area contributed by atoms with Crippen molar-refractivity contribution in [2.24, 2.45) is 0 Å². The van der Waals surface area contributed by atoms with Crippen molar-refractivity contribution < 1.29 is 9.21 Å². The summed E-state index contributed by atoms with van der Waals surface area (Å²) in [6.45, 7) is 1.93. The minimum atomic E-state index is -0.250.